The smallest absolute Gasteiger partial charge is 0.0480 e. The maximum Gasteiger partial charge on any atom is 0.0480 e. The molecule has 2 heterocycles. The topological polar surface area (TPSA) is 12.5 Å². The van der Waals surface area contributed by atoms with Crippen LogP contribution in [0.25, 0.3) is 0 Å². The van der Waals surface area contributed by atoms with Crippen molar-refractivity contribution < 1.29 is 4.74 Å². The van der Waals surface area contributed by atoms with Crippen molar-refractivity contribution in [2.45, 2.75) is 32.2 Å². The molecule has 1 atom stereocenters. The van der Waals surface area contributed by atoms with Crippen molar-refractivity contribution in [2.75, 3.05) is 26.3 Å². The summed E-state index contributed by atoms with van der Waals surface area (Å²) in [6.07, 6.45) is 3.91. The lowest BCUT2D eigenvalue weighted by Crippen LogP contribution is -2.37. The van der Waals surface area contributed by atoms with Gasteiger partial charge in [-0.25, -0.2) is 0 Å². The second-order valence-electron chi connectivity index (χ2n) is 4.23. The average molecular weight is 169 g/mol. The fourth-order valence-corrected chi connectivity index (χ4v) is 2.35. The Bertz CT molecular complexity index is 140. The van der Waals surface area contributed by atoms with Gasteiger partial charge < -0.3 is 4.74 Å². The van der Waals surface area contributed by atoms with Crippen molar-refractivity contribution in [1.29, 1.82) is 0 Å². The summed E-state index contributed by atoms with van der Waals surface area (Å²) in [5.74, 6) is 0.924. The SMILES string of the molecule is C[C@H]1CCN(C2CCOCC2)C1. The summed E-state index contributed by atoms with van der Waals surface area (Å²) >= 11 is 0. The van der Waals surface area contributed by atoms with Gasteiger partial charge in [-0.1, -0.05) is 6.92 Å². The van der Waals surface area contributed by atoms with E-state index in [-0.39, 0.29) is 0 Å². The van der Waals surface area contributed by atoms with Crippen LogP contribution >= 0.6 is 0 Å². The van der Waals surface area contributed by atoms with Crippen LogP contribution in [0, 0.1) is 5.92 Å². The second-order valence-corrected chi connectivity index (χ2v) is 4.23. The van der Waals surface area contributed by atoms with E-state index in [4.69, 9.17) is 4.74 Å². The lowest BCUT2D eigenvalue weighted by atomic mass is 10.1. The Morgan fingerprint density at radius 2 is 1.92 bits per heavy atom. The van der Waals surface area contributed by atoms with Gasteiger partial charge in [0.15, 0.2) is 0 Å². The van der Waals surface area contributed by atoms with Gasteiger partial charge in [0, 0.05) is 25.8 Å². The van der Waals surface area contributed by atoms with E-state index in [0.29, 0.717) is 0 Å². The minimum absolute atomic E-state index is 0.837. The first-order valence-corrected chi connectivity index (χ1v) is 5.18. The minimum atomic E-state index is 0.837. The molecule has 0 aromatic rings. The molecule has 2 nitrogen and oxygen atoms in total. The largest absolute Gasteiger partial charge is 0.381 e. The fraction of sp³-hybridized carbons (Fsp3) is 1.00. The van der Waals surface area contributed by atoms with E-state index >= 15 is 0 Å². The molecular formula is C10H19NO. The summed E-state index contributed by atoms with van der Waals surface area (Å²) in [6.45, 7) is 6.97. The van der Waals surface area contributed by atoms with Crippen LogP contribution in [-0.4, -0.2) is 37.2 Å². The zero-order valence-corrected chi connectivity index (χ0v) is 7.96. The predicted molar refractivity (Wildman–Crippen MR) is 49.2 cm³/mol. The Morgan fingerprint density at radius 1 is 1.17 bits per heavy atom. The molecule has 2 rings (SSSR count). The highest BCUT2D eigenvalue weighted by Gasteiger charge is 2.26. The highest BCUT2D eigenvalue weighted by atomic mass is 16.5. The van der Waals surface area contributed by atoms with Gasteiger partial charge in [-0.15, -0.1) is 0 Å². The van der Waals surface area contributed by atoms with Gasteiger partial charge in [-0.05, 0) is 31.7 Å². The van der Waals surface area contributed by atoms with Crippen LogP contribution in [0.4, 0.5) is 0 Å². The van der Waals surface area contributed by atoms with Crippen molar-refractivity contribution in [3.63, 3.8) is 0 Å². The highest BCUT2D eigenvalue weighted by molar-refractivity contribution is 4.80. The van der Waals surface area contributed by atoms with E-state index in [1.807, 2.05) is 0 Å². The lowest BCUT2D eigenvalue weighted by Gasteiger charge is -2.30. The van der Waals surface area contributed by atoms with Gasteiger partial charge in [0.05, 0.1) is 0 Å². The maximum atomic E-state index is 5.36. The van der Waals surface area contributed by atoms with E-state index in [9.17, 15) is 0 Å². The molecule has 0 unspecified atom stereocenters. The highest BCUT2D eigenvalue weighted by Crippen LogP contribution is 2.22. The molecule has 0 N–H and O–H groups in total. The number of hydrogen-bond acceptors (Lipinski definition) is 2. The quantitative estimate of drug-likeness (QED) is 0.590. The van der Waals surface area contributed by atoms with E-state index in [2.05, 4.69) is 11.8 Å². The molecule has 2 heteroatoms. The van der Waals surface area contributed by atoms with E-state index in [1.165, 1.54) is 32.4 Å². The molecule has 0 amide bonds. The molecule has 70 valence electrons. The van der Waals surface area contributed by atoms with Crippen LogP contribution in [-0.2, 0) is 4.74 Å². The van der Waals surface area contributed by atoms with Crippen LogP contribution in [0.5, 0.6) is 0 Å². The summed E-state index contributed by atoms with van der Waals surface area (Å²) in [6, 6.07) is 0.837. The van der Waals surface area contributed by atoms with Crippen molar-refractivity contribution in [3.8, 4) is 0 Å². The molecule has 0 radical (unpaired) electrons. The van der Waals surface area contributed by atoms with Gasteiger partial charge in [0.2, 0.25) is 0 Å². The van der Waals surface area contributed by atoms with E-state index in [0.717, 1.165) is 25.2 Å². The number of nitrogens with zero attached hydrogens (tertiary/aromatic N) is 1. The normalized spacial score (nSPS) is 34.2. The van der Waals surface area contributed by atoms with Crippen LogP contribution in [0.3, 0.4) is 0 Å². The maximum absolute atomic E-state index is 5.36. The van der Waals surface area contributed by atoms with Crippen LogP contribution in [0.1, 0.15) is 26.2 Å². The Kier molecular flexibility index (Phi) is 2.66. The molecule has 0 aromatic carbocycles. The Labute approximate surface area is 74.9 Å². The number of ether oxygens (including phenoxy) is 1. The monoisotopic (exact) mass is 169 g/mol. The van der Waals surface area contributed by atoms with Crippen molar-refractivity contribution in [3.05, 3.63) is 0 Å². The number of hydrogen-bond donors (Lipinski definition) is 0. The van der Waals surface area contributed by atoms with E-state index < -0.39 is 0 Å². The molecule has 0 aromatic heterocycles. The first-order chi connectivity index (χ1) is 5.86. The van der Waals surface area contributed by atoms with Gasteiger partial charge in [0.25, 0.3) is 0 Å². The van der Waals surface area contributed by atoms with Crippen molar-refractivity contribution >= 4 is 0 Å². The zero-order chi connectivity index (χ0) is 8.39. The second kappa shape index (κ2) is 3.75. The molecule has 0 aliphatic carbocycles. The van der Waals surface area contributed by atoms with E-state index in [1.54, 1.807) is 0 Å². The van der Waals surface area contributed by atoms with Gasteiger partial charge >= 0.3 is 0 Å². The summed E-state index contributed by atoms with van der Waals surface area (Å²) in [7, 11) is 0. The molecule has 12 heavy (non-hydrogen) atoms. The van der Waals surface area contributed by atoms with Crippen molar-refractivity contribution in [1.82, 2.24) is 4.90 Å². The fourth-order valence-electron chi connectivity index (χ4n) is 2.35. The first-order valence-electron chi connectivity index (χ1n) is 5.18. The summed E-state index contributed by atoms with van der Waals surface area (Å²) in [5, 5.41) is 0. The number of likely N-dealkylation sites (tertiary alicyclic amines) is 1. The molecule has 0 bridgehead atoms. The Hall–Kier alpha value is -0.0800. The van der Waals surface area contributed by atoms with Crippen LogP contribution in [0.15, 0.2) is 0 Å². The Morgan fingerprint density at radius 3 is 2.50 bits per heavy atom. The zero-order valence-electron chi connectivity index (χ0n) is 7.96. The molecule has 2 saturated heterocycles. The van der Waals surface area contributed by atoms with Gasteiger partial charge in [-0.2, -0.15) is 0 Å². The molecule has 2 aliphatic rings. The third-order valence-corrected chi connectivity index (χ3v) is 3.16. The molecule has 0 saturated carbocycles. The number of rotatable bonds is 1. The third-order valence-electron chi connectivity index (χ3n) is 3.16. The minimum Gasteiger partial charge on any atom is -0.381 e. The van der Waals surface area contributed by atoms with Crippen LogP contribution < -0.4 is 0 Å². The van der Waals surface area contributed by atoms with Gasteiger partial charge in [-0.3, -0.25) is 4.90 Å². The average Bonchev–Trinajstić information content (AvgIpc) is 2.54. The summed E-state index contributed by atoms with van der Waals surface area (Å²) < 4.78 is 5.36. The molecule has 2 fully saturated rings. The lowest BCUT2D eigenvalue weighted by molar-refractivity contribution is 0.0414. The Balaban J connectivity index is 1.83. The first kappa shape index (κ1) is 8.52. The van der Waals surface area contributed by atoms with Crippen LogP contribution in [0.2, 0.25) is 0 Å². The molecule has 0 spiro atoms. The molecular weight excluding hydrogens is 150 g/mol. The van der Waals surface area contributed by atoms with Crippen molar-refractivity contribution in [2.24, 2.45) is 5.92 Å². The predicted octanol–water partition coefficient (Wildman–Crippen LogP) is 1.51. The summed E-state index contributed by atoms with van der Waals surface area (Å²) in [5.41, 5.74) is 0. The van der Waals surface area contributed by atoms with Gasteiger partial charge in [0.1, 0.15) is 0 Å². The molecule has 2 aliphatic heterocycles. The summed E-state index contributed by atoms with van der Waals surface area (Å²) in [4.78, 5) is 2.66. The third kappa shape index (κ3) is 1.80. The standard InChI is InChI=1S/C10H19NO/c1-9-2-5-11(8-9)10-3-6-12-7-4-10/h9-10H,2-8H2,1H3/t9-/m0/s1.